The highest BCUT2D eigenvalue weighted by Gasteiger charge is 2.21. The quantitative estimate of drug-likeness (QED) is 0.603. The summed E-state index contributed by atoms with van der Waals surface area (Å²) >= 11 is 0. The molecule has 0 aliphatic heterocycles. The van der Waals surface area contributed by atoms with Gasteiger partial charge in [-0.1, -0.05) is 44.0 Å². The van der Waals surface area contributed by atoms with E-state index in [4.69, 9.17) is 0 Å². The molecule has 25 heavy (non-hydrogen) atoms. The first kappa shape index (κ1) is 18.0. The molecule has 1 fully saturated rings. The summed E-state index contributed by atoms with van der Waals surface area (Å²) in [6.07, 6.45) is 5.33. The summed E-state index contributed by atoms with van der Waals surface area (Å²) in [5.41, 5.74) is 1.95. The van der Waals surface area contributed by atoms with Crippen molar-refractivity contribution < 1.29 is 13.2 Å². The topological polar surface area (TPSA) is 0 Å². The van der Waals surface area contributed by atoms with Gasteiger partial charge in [-0.3, -0.25) is 0 Å². The second-order valence-corrected chi connectivity index (χ2v) is 7.60. The molecule has 0 nitrogen and oxygen atoms in total. The first-order chi connectivity index (χ1) is 11.9. The summed E-state index contributed by atoms with van der Waals surface area (Å²) in [7, 11) is 0. The fourth-order valence-corrected chi connectivity index (χ4v) is 3.73. The van der Waals surface area contributed by atoms with Crippen LogP contribution in [-0.4, -0.2) is 0 Å². The van der Waals surface area contributed by atoms with Crippen LogP contribution in [-0.2, 0) is 12.8 Å². The number of aryl methyl sites for hydroxylation is 1. The number of rotatable bonds is 4. The van der Waals surface area contributed by atoms with Gasteiger partial charge in [0, 0.05) is 6.42 Å². The van der Waals surface area contributed by atoms with Gasteiger partial charge in [0.1, 0.15) is 5.82 Å². The average molecular weight is 346 g/mol. The molecule has 0 radical (unpaired) electrons. The predicted molar refractivity (Wildman–Crippen MR) is 95.1 cm³/mol. The third-order valence-corrected chi connectivity index (χ3v) is 5.52. The Kier molecular flexibility index (Phi) is 5.51. The van der Waals surface area contributed by atoms with E-state index in [-0.39, 0.29) is 17.8 Å². The van der Waals surface area contributed by atoms with Crippen LogP contribution in [0.5, 0.6) is 0 Å². The van der Waals surface area contributed by atoms with Crippen molar-refractivity contribution in [2.75, 3.05) is 0 Å². The Hall–Kier alpha value is -1.77. The van der Waals surface area contributed by atoms with Crippen molar-refractivity contribution in [1.29, 1.82) is 0 Å². The van der Waals surface area contributed by atoms with E-state index in [9.17, 15) is 13.2 Å². The molecule has 0 N–H and O–H groups in total. The molecule has 0 saturated heterocycles. The lowest BCUT2D eigenvalue weighted by atomic mass is 9.80. The van der Waals surface area contributed by atoms with Crippen molar-refractivity contribution in [2.45, 2.75) is 52.4 Å². The zero-order valence-electron chi connectivity index (χ0n) is 14.9. The van der Waals surface area contributed by atoms with E-state index in [1.165, 1.54) is 18.9 Å². The summed E-state index contributed by atoms with van der Waals surface area (Å²) < 4.78 is 42.6. The second kappa shape index (κ2) is 7.63. The maximum Gasteiger partial charge on any atom is 0.162 e. The molecule has 134 valence electrons. The van der Waals surface area contributed by atoms with Gasteiger partial charge in [-0.15, -0.1) is 0 Å². The first-order valence-electron chi connectivity index (χ1n) is 9.14. The van der Waals surface area contributed by atoms with Crippen LogP contribution in [0.15, 0.2) is 30.3 Å². The molecule has 1 aliphatic carbocycles. The summed E-state index contributed by atoms with van der Waals surface area (Å²) in [5, 5.41) is 0. The smallest absolute Gasteiger partial charge is 0.162 e. The molecule has 0 aromatic heterocycles. The first-order valence-corrected chi connectivity index (χ1v) is 9.14. The van der Waals surface area contributed by atoms with Crippen LogP contribution in [0.25, 0.3) is 0 Å². The SMILES string of the molecule is Cc1ccc(Cc2ccc(CC3CCC(C)CC3)c(F)c2F)cc1F. The van der Waals surface area contributed by atoms with Crippen LogP contribution >= 0.6 is 0 Å². The Morgan fingerprint density at radius 3 is 2.20 bits per heavy atom. The van der Waals surface area contributed by atoms with Gasteiger partial charge in [-0.05, 0) is 66.3 Å². The van der Waals surface area contributed by atoms with E-state index < -0.39 is 11.6 Å². The minimum atomic E-state index is -0.789. The maximum absolute atomic E-state index is 14.5. The molecule has 1 aliphatic rings. The van der Waals surface area contributed by atoms with Gasteiger partial charge in [-0.2, -0.15) is 0 Å². The van der Waals surface area contributed by atoms with Gasteiger partial charge in [0.25, 0.3) is 0 Å². The highest BCUT2D eigenvalue weighted by molar-refractivity contribution is 5.33. The lowest BCUT2D eigenvalue weighted by Crippen LogP contribution is -2.15. The number of hydrogen-bond acceptors (Lipinski definition) is 0. The Balaban J connectivity index is 1.74. The zero-order chi connectivity index (χ0) is 18.0. The molecule has 0 heterocycles. The molecule has 2 aromatic carbocycles. The van der Waals surface area contributed by atoms with Crippen LogP contribution in [0.3, 0.4) is 0 Å². The van der Waals surface area contributed by atoms with Gasteiger partial charge in [0.05, 0.1) is 0 Å². The van der Waals surface area contributed by atoms with Gasteiger partial charge >= 0.3 is 0 Å². The van der Waals surface area contributed by atoms with Crippen molar-refractivity contribution in [2.24, 2.45) is 11.8 Å². The van der Waals surface area contributed by atoms with E-state index in [0.717, 1.165) is 18.8 Å². The van der Waals surface area contributed by atoms with E-state index in [2.05, 4.69) is 6.92 Å². The highest BCUT2D eigenvalue weighted by atomic mass is 19.2. The molecule has 0 amide bonds. The molecule has 0 spiro atoms. The van der Waals surface area contributed by atoms with E-state index >= 15 is 0 Å². The van der Waals surface area contributed by atoms with Crippen molar-refractivity contribution in [3.8, 4) is 0 Å². The predicted octanol–water partition coefficient (Wildman–Crippen LogP) is 6.37. The van der Waals surface area contributed by atoms with E-state index in [0.29, 0.717) is 29.0 Å². The van der Waals surface area contributed by atoms with Crippen molar-refractivity contribution in [1.82, 2.24) is 0 Å². The zero-order valence-corrected chi connectivity index (χ0v) is 14.9. The number of hydrogen-bond donors (Lipinski definition) is 0. The third kappa shape index (κ3) is 4.26. The molecule has 3 heteroatoms. The largest absolute Gasteiger partial charge is 0.207 e. The molecule has 1 saturated carbocycles. The maximum atomic E-state index is 14.5. The van der Waals surface area contributed by atoms with Crippen LogP contribution in [0, 0.1) is 36.2 Å². The van der Waals surface area contributed by atoms with Gasteiger partial charge in [0.15, 0.2) is 11.6 Å². The fourth-order valence-electron chi connectivity index (χ4n) is 3.73. The van der Waals surface area contributed by atoms with Crippen molar-refractivity contribution in [3.05, 3.63) is 70.0 Å². The van der Waals surface area contributed by atoms with E-state index in [1.807, 2.05) is 0 Å². The molecular weight excluding hydrogens is 321 g/mol. The summed E-state index contributed by atoms with van der Waals surface area (Å²) in [4.78, 5) is 0. The Labute approximate surface area is 148 Å². The molecule has 0 atom stereocenters. The Bertz CT molecular complexity index is 743. The van der Waals surface area contributed by atoms with Crippen molar-refractivity contribution >= 4 is 0 Å². The molecule has 2 aromatic rings. The van der Waals surface area contributed by atoms with Gasteiger partial charge in [-0.25, -0.2) is 13.2 Å². The lowest BCUT2D eigenvalue weighted by molar-refractivity contribution is 0.286. The fraction of sp³-hybridized carbons (Fsp3) is 0.455. The average Bonchev–Trinajstić information content (AvgIpc) is 2.59. The Morgan fingerprint density at radius 2 is 1.52 bits per heavy atom. The summed E-state index contributed by atoms with van der Waals surface area (Å²) in [6.45, 7) is 3.93. The Morgan fingerprint density at radius 1 is 0.880 bits per heavy atom. The second-order valence-electron chi connectivity index (χ2n) is 7.60. The van der Waals surface area contributed by atoms with Crippen LogP contribution in [0.1, 0.15) is 54.9 Å². The minimum Gasteiger partial charge on any atom is -0.207 e. The van der Waals surface area contributed by atoms with Crippen LogP contribution < -0.4 is 0 Å². The molecule has 0 bridgehead atoms. The van der Waals surface area contributed by atoms with Crippen LogP contribution in [0.4, 0.5) is 13.2 Å². The van der Waals surface area contributed by atoms with Gasteiger partial charge in [0.2, 0.25) is 0 Å². The van der Waals surface area contributed by atoms with E-state index in [1.54, 1.807) is 31.2 Å². The molecular formula is C22H25F3. The highest BCUT2D eigenvalue weighted by Crippen LogP contribution is 2.32. The minimum absolute atomic E-state index is 0.196. The number of halogens is 3. The van der Waals surface area contributed by atoms with Gasteiger partial charge < -0.3 is 0 Å². The molecule has 3 rings (SSSR count). The molecule has 0 unspecified atom stereocenters. The normalized spacial score (nSPS) is 20.7. The monoisotopic (exact) mass is 346 g/mol. The third-order valence-electron chi connectivity index (χ3n) is 5.52. The standard InChI is InChI=1S/C22H25F3/c1-14-3-6-16(7-4-14)11-18-9-10-19(22(25)21(18)24)12-17-8-5-15(2)20(23)13-17/h5,8-10,13-14,16H,3-4,6-7,11-12H2,1-2H3. The van der Waals surface area contributed by atoms with Crippen LogP contribution in [0.2, 0.25) is 0 Å². The number of benzene rings is 2. The summed E-state index contributed by atoms with van der Waals surface area (Å²) in [5.74, 6) is -0.648. The van der Waals surface area contributed by atoms with Crippen molar-refractivity contribution in [3.63, 3.8) is 0 Å². The summed E-state index contributed by atoms with van der Waals surface area (Å²) in [6, 6.07) is 8.17. The lowest BCUT2D eigenvalue weighted by Gasteiger charge is -2.26.